The van der Waals surface area contributed by atoms with E-state index < -0.39 is 27.7 Å². The van der Waals surface area contributed by atoms with Crippen molar-refractivity contribution in [3.05, 3.63) is 57.0 Å². The van der Waals surface area contributed by atoms with E-state index in [1.165, 1.54) is 25.2 Å². The van der Waals surface area contributed by atoms with Gasteiger partial charge in [0.05, 0.1) is 21.0 Å². The van der Waals surface area contributed by atoms with Crippen molar-refractivity contribution in [1.29, 1.82) is 0 Å². The Bertz CT molecular complexity index is 965. The van der Waals surface area contributed by atoms with Crippen LogP contribution in [0.2, 0.25) is 5.02 Å². The highest BCUT2D eigenvalue weighted by molar-refractivity contribution is 9.10. The zero-order chi connectivity index (χ0) is 19.7. The molecule has 0 saturated carbocycles. The molecule has 0 atom stereocenters. The summed E-state index contributed by atoms with van der Waals surface area (Å²) in [4.78, 5) is 12.1. The van der Waals surface area contributed by atoms with Gasteiger partial charge in [0.25, 0.3) is 5.91 Å². The quantitative estimate of drug-likeness (QED) is 0.699. The van der Waals surface area contributed by atoms with Crippen LogP contribution in [0.15, 0.2) is 45.8 Å². The Balaban J connectivity index is 2.38. The van der Waals surface area contributed by atoms with E-state index in [9.17, 15) is 26.4 Å². The molecule has 0 heterocycles. The van der Waals surface area contributed by atoms with Gasteiger partial charge in [-0.25, -0.2) is 13.1 Å². The summed E-state index contributed by atoms with van der Waals surface area (Å²) < 4.78 is 64.4. The lowest BCUT2D eigenvalue weighted by Crippen LogP contribution is -2.20. The summed E-state index contributed by atoms with van der Waals surface area (Å²) in [6.07, 6.45) is -4.61. The summed E-state index contributed by atoms with van der Waals surface area (Å²) in [5.41, 5.74) is -1.28. The Morgan fingerprint density at radius 3 is 2.38 bits per heavy atom. The second-order valence-electron chi connectivity index (χ2n) is 5.00. The van der Waals surface area contributed by atoms with Crippen LogP contribution < -0.4 is 10.0 Å². The van der Waals surface area contributed by atoms with E-state index in [1.54, 1.807) is 0 Å². The molecule has 1 amide bonds. The predicted octanol–water partition coefficient (Wildman–Crippen LogP) is 4.28. The topological polar surface area (TPSA) is 75.3 Å². The summed E-state index contributed by atoms with van der Waals surface area (Å²) >= 11 is 8.72. The second kappa shape index (κ2) is 7.55. The Morgan fingerprint density at radius 1 is 1.15 bits per heavy atom. The lowest BCUT2D eigenvalue weighted by molar-refractivity contribution is -0.138. The fourth-order valence-electron chi connectivity index (χ4n) is 1.98. The molecule has 5 nitrogen and oxygen atoms in total. The number of sulfonamides is 1. The maximum Gasteiger partial charge on any atom is 0.417 e. The SMILES string of the molecule is CNS(=O)(=O)c1ccc(Cl)c(C(=O)Nc2ccc(Br)c(C(F)(F)F)c2)c1. The first-order valence-corrected chi connectivity index (χ1v) is 9.52. The molecule has 0 bridgehead atoms. The molecule has 11 heteroatoms. The van der Waals surface area contributed by atoms with E-state index in [0.717, 1.165) is 18.2 Å². The van der Waals surface area contributed by atoms with E-state index in [2.05, 4.69) is 26.0 Å². The lowest BCUT2D eigenvalue weighted by atomic mass is 10.1. The molecule has 0 aromatic heterocycles. The molecule has 0 radical (unpaired) electrons. The monoisotopic (exact) mass is 470 g/mol. The van der Waals surface area contributed by atoms with Gasteiger partial charge in [-0.05, 0) is 43.4 Å². The number of amides is 1. The van der Waals surface area contributed by atoms with E-state index in [1.807, 2.05) is 0 Å². The summed E-state index contributed by atoms with van der Waals surface area (Å²) in [5.74, 6) is -0.849. The van der Waals surface area contributed by atoms with Gasteiger partial charge in [0.2, 0.25) is 10.0 Å². The van der Waals surface area contributed by atoms with Gasteiger partial charge in [0.15, 0.2) is 0 Å². The van der Waals surface area contributed by atoms with Gasteiger partial charge in [0, 0.05) is 10.2 Å². The van der Waals surface area contributed by atoms with Gasteiger partial charge in [-0.15, -0.1) is 0 Å². The standard InChI is InChI=1S/C15H11BrClF3N2O3S/c1-21-26(24,25)9-3-5-13(17)10(7-9)14(23)22-8-2-4-12(16)11(6-8)15(18,19)20/h2-7,21H,1H3,(H,22,23). The van der Waals surface area contributed by atoms with E-state index in [-0.39, 0.29) is 25.6 Å². The molecule has 0 aliphatic rings. The van der Waals surface area contributed by atoms with Crippen LogP contribution in [-0.4, -0.2) is 21.4 Å². The number of alkyl halides is 3. The van der Waals surface area contributed by atoms with E-state index in [0.29, 0.717) is 0 Å². The van der Waals surface area contributed by atoms with Crippen LogP contribution in [0.1, 0.15) is 15.9 Å². The molecule has 0 aliphatic carbocycles. The number of carbonyl (C=O) groups excluding carboxylic acids is 1. The van der Waals surface area contributed by atoms with Gasteiger partial charge >= 0.3 is 6.18 Å². The number of anilines is 1. The van der Waals surface area contributed by atoms with Crippen molar-refractivity contribution < 1.29 is 26.4 Å². The maximum atomic E-state index is 12.9. The molecule has 0 aliphatic heterocycles. The number of rotatable bonds is 4. The van der Waals surface area contributed by atoms with Gasteiger partial charge in [-0.1, -0.05) is 27.5 Å². The van der Waals surface area contributed by atoms with Crippen LogP contribution in [-0.2, 0) is 16.2 Å². The Hall–Kier alpha value is -1.62. The highest BCUT2D eigenvalue weighted by Crippen LogP contribution is 2.36. The average molecular weight is 472 g/mol. The molecule has 0 saturated heterocycles. The number of halogens is 5. The zero-order valence-corrected chi connectivity index (χ0v) is 16.1. The third kappa shape index (κ3) is 4.56. The first-order valence-electron chi connectivity index (χ1n) is 6.87. The Morgan fingerprint density at radius 2 is 1.81 bits per heavy atom. The third-order valence-corrected chi connectivity index (χ3v) is 5.72. The zero-order valence-electron chi connectivity index (χ0n) is 13.0. The van der Waals surface area contributed by atoms with Crippen molar-refractivity contribution in [2.24, 2.45) is 0 Å². The molecule has 0 unspecified atom stereocenters. The van der Waals surface area contributed by atoms with Crippen LogP contribution in [0.4, 0.5) is 18.9 Å². The van der Waals surface area contributed by atoms with Crippen molar-refractivity contribution in [2.45, 2.75) is 11.1 Å². The van der Waals surface area contributed by atoms with Crippen molar-refractivity contribution in [1.82, 2.24) is 4.72 Å². The van der Waals surface area contributed by atoms with Crippen molar-refractivity contribution in [3.8, 4) is 0 Å². The molecular weight excluding hydrogens is 461 g/mol. The summed E-state index contributed by atoms with van der Waals surface area (Å²) in [6.45, 7) is 0. The molecule has 26 heavy (non-hydrogen) atoms. The van der Waals surface area contributed by atoms with Crippen LogP contribution in [0.25, 0.3) is 0 Å². The number of hydrogen-bond donors (Lipinski definition) is 2. The van der Waals surface area contributed by atoms with Crippen LogP contribution in [0.5, 0.6) is 0 Å². The Labute approximate surface area is 160 Å². The highest BCUT2D eigenvalue weighted by atomic mass is 79.9. The highest BCUT2D eigenvalue weighted by Gasteiger charge is 2.33. The van der Waals surface area contributed by atoms with Gasteiger partial charge < -0.3 is 5.32 Å². The van der Waals surface area contributed by atoms with Gasteiger partial charge in [-0.3, -0.25) is 4.79 Å². The van der Waals surface area contributed by atoms with E-state index >= 15 is 0 Å². The molecule has 2 aromatic rings. The van der Waals surface area contributed by atoms with Crippen LogP contribution in [0.3, 0.4) is 0 Å². The fraction of sp³-hybridized carbons (Fsp3) is 0.133. The normalized spacial score (nSPS) is 12.1. The summed E-state index contributed by atoms with van der Waals surface area (Å²) in [5, 5.41) is 2.23. The van der Waals surface area contributed by atoms with Gasteiger partial charge in [-0.2, -0.15) is 13.2 Å². The molecule has 0 fully saturated rings. The molecular formula is C15H11BrClF3N2O3S. The average Bonchev–Trinajstić information content (AvgIpc) is 2.55. The summed E-state index contributed by atoms with van der Waals surface area (Å²) in [6, 6.07) is 6.61. The lowest BCUT2D eigenvalue weighted by Gasteiger charge is -2.13. The Kier molecular flexibility index (Phi) is 6.01. The smallest absolute Gasteiger partial charge is 0.322 e. The predicted molar refractivity (Wildman–Crippen MR) is 94.8 cm³/mol. The van der Waals surface area contributed by atoms with Crippen molar-refractivity contribution >= 4 is 49.1 Å². The molecule has 2 aromatic carbocycles. The number of benzene rings is 2. The van der Waals surface area contributed by atoms with Crippen LogP contribution >= 0.6 is 27.5 Å². The molecule has 2 rings (SSSR count). The molecule has 0 spiro atoms. The number of carbonyl (C=O) groups is 1. The molecule has 140 valence electrons. The first kappa shape index (κ1) is 20.7. The molecule has 2 N–H and O–H groups in total. The largest absolute Gasteiger partial charge is 0.417 e. The minimum Gasteiger partial charge on any atom is -0.322 e. The number of nitrogens with one attached hydrogen (secondary N) is 2. The van der Waals surface area contributed by atoms with Crippen LogP contribution in [0, 0.1) is 0 Å². The summed E-state index contributed by atoms with van der Waals surface area (Å²) in [7, 11) is -2.62. The fourth-order valence-corrected chi connectivity index (χ4v) is 3.41. The minimum atomic E-state index is -4.61. The van der Waals surface area contributed by atoms with Gasteiger partial charge in [0.1, 0.15) is 0 Å². The number of hydrogen-bond acceptors (Lipinski definition) is 3. The third-order valence-electron chi connectivity index (χ3n) is 3.29. The van der Waals surface area contributed by atoms with E-state index in [4.69, 9.17) is 11.6 Å². The first-order chi connectivity index (χ1) is 12.0. The van der Waals surface area contributed by atoms with Crippen molar-refractivity contribution in [3.63, 3.8) is 0 Å². The maximum absolute atomic E-state index is 12.9. The van der Waals surface area contributed by atoms with Crippen molar-refractivity contribution in [2.75, 3.05) is 12.4 Å². The second-order valence-corrected chi connectivity index (χ2v) is 8.14. The minimum absolute atomic E-state index is 0.0503.